The molecule has 23 heavy (non-hydrogen) atoms. The van der Waals surface area contributed by atoms with Crippen LogP contribution >= 0.6 is 11.6 Å². The number of aliphatic carboxylic acids is 1. The zero-order valence-corrected chi connectivity index (χ0v) is 13.0. The molecular weight excluding hydrogens is 317 g/mol. The highest BCUT2D eigenvalue weighted by atomic mass is 35.5. The molecular formula is C18H12ClFNO2-. The van der Waals surface area contributed by atoms with E-state index in [1.165, 1.54) is 6.07 Å². The predicted molar refractivity (Wildman–Crippen MR) is 85.6 cm³/mol. The van der Waals surface area contributed by atoms with Crippen LogP contribution in [-0.4, -0.2) is 11.0 Å². The lowest BCUT2D eigenvalue weighted by atomic mass is 9.92. The Morgan fingerprint density at radius 1 is 1.26 bits per heavy atom. The van der Waals surface area contributed by atoms with E-state index in [0.29, 0.717) is 38.3 Å². The number of nitrogens with zero attached hydrogens (tertiary/aromatic N) is 1. The van der Waals surface area contributed by atoms with Gasteiger partial charge in [0.2, 0.25) is 0 Å². The van der Waals surface area contributed by atoms with Gasteiger partial charge in [0.25, 0.3) is 0 Å². The molecule has 0 saturated heterocycles. The van der Waals surface area contributed by atoms with Crippen molar-refractivity contribution in [1.82, 2.24) is 4.98 Å². The Labute approximate surface area is 137 Å². The summed E-state index contributed by atoms with van der Waals surface area (Å²) in [6, 6.07) is 11.3. The summed E-state index contributed by atoms with van der Waals surface area (Å²) in [7, 11) is 0. The fourth-order valence-electron chi connectivity index (χ4n) is 2.73. The minimum Gasteiger partial charge on any atom is -0.550 e. The Bertz CT molecular complexity index is 924. The number of rotatable bonds is 3. The van der Waals surface area contributed by atoms with E-state index in [9.17, 15) is 14.3 Å². The molecule has 0 radical (unpaired) electrons. The Hall–Kier alpha value is -2.46. The minimum atomic E-state index is -1.24. The first-order valence-corrected chi connectivity index (χ1v) is 7.38. The molecule has 0 N–H and O–H groups in total. The summed E-state index contributed by atoms with van der Waals surface area (Å²) in [5.41, 5.74) is 2.42. The number of halogens is 2. The average Bonchev–Trinajstić information content (AvgIpc) is 2.49. The van der Waals surface area contributed by atoms with Gasteiger partial charge in [-0.25, -0.2) is 4.39 Å². The molecule has 3 nitrogen and oxygen atoms in total. The number of carboxylic acids is 1. The quantitative estimate of drug-likeness (QED) is 0.741. The number of carbonyl (C=O) groups excluding carboxylic acids is 1. The molecule has 0 fully saturated rings. The Morgan fingerprint density at radius 2 is 2.00 bits per heavy atom. The molecule has 0 spiro atoms. The molecule has 0 aliphatic carbocycles. The molecule has 1 aromatic heterocycles. The van der Waals surface area contributed by atoms with Crippen molar-refractivity contribution in [3.05, 3.63) is 64.6 Å². The van der Waals surface area contributed by atoms with Crippen LogP contribution < -0.4 is 5.11 Å². The van der Waals surface area contributed by atoms with Crippen molar-refractivity contribution in [3.8, 4) is 11.1 Å². The molecule has 0 amide bonds. The van der Waals surface area contributed by atoms with Crippen molar-refractivity contribution in [1.29, 1.82) is 0 Å². The Morgan fingerprint density at radius 3 is 2.70 bits per heavy atom. The fraction of sp³-hybridized carbons (Fsp3) is 0.111. The van der Waals surface area contributed by atoms with Gasteiger partial charge < -0.3 is 9.90 Å². The van der Waals surface area contributed by atoms with Gasteiger partial charge in [0.05, 0.1) is 5.52 Å². The fourth-order valence-corrected chi connectivity index (χ4v) is 2.90. The lowest BCUT2D eigenvalue weighted by molar-refractivity contribution is -0.304. The molecule has 0 aliphatic rings. The smallest absolute Gasteiger partial charge is 0.131 e. The topological polar surface area (TPSA) is 53.0 Å². The maximum absolute atomic E-state index is 14.3. The largest absolute Gasteiger partial charge is 0.550 e. The average molecular weight is 329 g/mol. The van der Waals surface area contributed by atoms with Crippen LogP contribution in [0.4, 0.5) is 4.39 Å². The van der Waals surface area contributed by atoms with Crippen LogP contribution in [0, 0.1) is 12.7 Å². The highest BCUT2D eigenvalue weighted by Gasteiger charge is 2.17. The molecule has 1 heterocycles. The van der Waals surface area contributed by atoms with Crippen LogP contribution in [-0.2, 0) is 11.2 Å². The van der Waals surface area contributed by atoms with Gasteiger partial charge in [0, 0.05) is 34.1 Å². The third-order valence-electron chi connectivity index (χ3n) is 3.72. The molecule has 0 aliphatic heterocycles. The lowest BCUT2D eigenvalue weighted by Crippen LogP contribution is -2.25. The third-order valence-corrected chi connectivity index (χ3v) is 3.95. The maximum Gasteiger partial charge on any atom is 0.131 e. The van der Waals surface area contributed by atoms with Gasteiger partial charge in [-0.3, -0.25) is 4.98 Å². The van der Waals surface area contributed by atoms with Gasteiger partial charge in [0.1, 0.15) is 5.82 Å². The van der Waals surface area contributed by atoms with Gasteiger partial charge in [-0.1, -0.05) is 29.8 Å². The summed E-state index contributed by atoms with van der Waals surface area (Å²) < 4.78 is 14.3. The summed E-state index contributed by atoms with van der Waals surface area (Å²) in [6.45, 7) is 1.71. The maximum atomic E-state index is 14.3. The second-order valence-electron chi connectivity index (χ2n) is 5.24. The molecule has 0 saturated carbocycles. The van der Waals surface area contributed by atoms with Crippen molar-refractivity contribution in [3.63, 3.8) is 0 Å². The lowest BCUT2D eigenvalue weighted by Gasteiger charge is -2.17. The normalized spacial score (nSPS) is 10.9. The predicted octanol–water partition coefficient (Wildman–Crippen LogP) is 3.30. The first-order chi connectivity index (χ1) is 11.0. The monoisotopic (exact) mass is 328 g/mol. The van der Waals surface area contributed by atoms with E-state index < -0.39 is 11.8 Å². The summed E-state index contributed by atoms with van der Waals surface area (Å²) in [6.07, 6.45) is -0.342. The summed E-state index contributed by atoms with van der Waals surface area (Å²) in [5, 5.41) is 12.2. The Kier molecular flexibility index (Phi) is 4.01. The van der Waals surface area contributed by atoms with Crippen molar-refractivity contribution >= 4 is 28.5 Å². The third kappa shape index (κ3) is 2.90. The summed E-state index contributed by atoms with van der Waals surface area (Å²) in [4.78, 5) is 15.5. The van der Waals surface area contributed by atoms with Crippen molar-refractivity contribution in [2.45, 2.75) is 13.3 Å². The van der Waals surface area contributed by atoms with E-state index >= 15 is 0 Å². The number of hydrogen-bond acceptors (Lipinski definition) is 3. The van der Waals surface area contributed by atoms with Crippen LogP contribution in [0.5, 0.6) is 0 Å². The van der Waals surface area contributed by atoms with Crippen LogP contribution in [0.2, 0.25) is 5.02 Å². The van der Waals surface area contributed by atoms with Crippen molar-refractivity contribution in [2.24, 2.45) is 0 Å². The number of carboxylic acid groups (broad SMARTS) is 1. The van der Waals surface area contributed by atoms with E-state index in [1.54, 1.807) is 43.3 Å². The molecule has 0 atom stereocenters. The van der Waals surface area contributed by atoms with Gasteiger partial charge in [-0.2, -0.15) is 0 Å². The summed E-state index contributed by atoms with van der Waals surface area (Å²) in [5.74, 6) is -1.67. The molecule has 0 bridgehead atoms. The molecule has 5 heteroatoms. The van der Waals surface area contributed by atoms with E-state index in [0.717, 1.165) is 0 Å². The van der Waals surface area contributed by atoms with Crippen LogP contribution in [0.1, 0.15) is 11.3 Å². The molecule has 0 unspecified atom stereocenters. The van der Waals surface area contributed by atoms with Gasteiger partial charge in [-0.15, -0.1) is 0 Å². The van der Waals surface area contributed by atoms with Crippen LogP contribution in [0.3, 0.4) is 0 Å². The number of aromatic nitrogens is 1. The van der Waals surface area contributed by atoms with Crippen LogP contribution in [0.25, 0.3) is 22.0 Å². The van der Waals surface area contributed by atoms with Crippen LogP contribution in [0.15, 0.2) is 42.5 Å². The van der Waals surface area contributed by atoms with Gasteiger partial charge in [-0.05, 0) is 42.3 Å². The number of pyridine rings is 1. The first-order valence-electron chi connectivity index (χ1n) is 7.01. The van der Waals surface area contributed by atoms with Crippen molar-refractivity contribution < 1.29 is 14.3 Å². The zero-order chi connectivity index (χ0) is 16.6. The number of carbonyl (C=O) groups is 1. The minimum absolute atomic E-state index is 0.321. The standard InChI is InChI=1S/C18H13ClFNO2/c1-10-13(9-17(22)23)18(12-4-2-3-5-15(12)20)14-8-11(19)6-7-16(14)21-10/h2-8H,9H2,1H3,(H,22,23)/p-1. The molecule has 2 aromatic carbocycles. The number of aryl methyl sites for hydroxylation is 1. The number of benzene rings is 2. The second kappa shape index (κ2) is 5.97. The van der Waals surface area contributed by atoms with E-state index in [4.69, 9.17) is 11.6 Å². The van der Waals surface area contributed by atoms with E-state index in [1.807, 2.05) is 0 Å². The van der Waals surface area contributed by atoms with Gasteiger partial charge in [0.15, 0.2) is 0 Å². The second-order valence-corrected chi connectivity index (χ2v) is 5.68. The molecule has 3 rings (SSSR count). The van der Waals surface area contributed by atoms with Gasteiger partial charge >= 0.3 is 0 Å². The number of hydrogen-bond donors (Lipinski definition) is 0. The van der Waals surface area contributed by atoms with E-state index in [-0.39, 0.29) is 6.42 Å². The highest BCUT2D eigenvalue weighted by Crippen LogP contribution is 2.35. The molecule has 3 aromatic rings. The highest BCUT2D eigenvalue weighted by molar-refractivity contribution is 6.31. The zero-order valence-electron chi connectivity index (χ0n) is 12.3. The Balaban J connectivity index is 2.45. The first kappa shape index (κ1) is 15.4. The van der Waals surface area contributed by atoms with Crippen molar-refractivity contribution in [2.75, 3.05) is 0 Å². The summed E-state index contributed by atoms with van der Waals surface area (Å²) >= 11 is 6.07. The SMILES string of the molecule is Cc1nc2ccc(Cl)cc2c(-c2ccccc2F)c1CC(=O)[O-]. The van der Waals surface area contributed by atoms with E-state index in [2.05, 4.69) is 4.98 Å². The molecule has 116 valence electrons. The number of fused-ring (bicyclic) bond motifs is 1.